The molecule has 0 bridgehead atoms. The van der Waals surface area contributed by atoms with Gasteiger partial charge in [-0.25, -0.2) is 4.98 Å². The van der Waals surface area contributed by atoms with Crippen LogP contribution in [-0.4, -0.2) is 16.7 Å². The summed E-state index contributed by atoms with van der Waals surface area (Å²) in [6.07, 6.45) is 3.48. The topological polar surface area (TPSA) is 70.0 Å². The van der Waals surface area contributed by atoms with Gasteiger partial charge in [-0.2, -0.15) is 5.26 Å². The Kier molecular flexibility index (Phi) is 6.46. The van der Waals surface area contributed by atoms with E-state index in [-0.39, 0.29) is 0 Å². The molecule has 5 nitrogen and oxygen atoms in total. The van der Waals surface area contributed by atoms with Gasteiger partial charge in [0.2, 0.25) is 5.88 Å². The molecule has 0 unspecified atom stereocenters. The van der Waals surface area contributed by atoms with Gasteiger partial charge in [0.1, 0.15) is 0 Å². The summed E-state index contributed by atoms with van der Waals surface area (Å²) in [4.78, 5) is 4.07. The van der Waals surface area contributed by atoms with Crippen LogP contribution in [-0.2, 0) is 0 Å². The number of ether oxygens (including phenoxy) is 1. The summed E-state index contributed by atoms with van der Waals surface area (Å²) in [7, 11) is 0. The van der Waals surface area contributed by atoms with Crippen LogP contribution in [0.25, 0.3) is 0 Å². The van der Waals surface area contributed by atoms with Crippen LogP contribution in [0.1, 0.15) is 0 Å². The van der Waals surface area contributed by atoms with Gasteiger partial charge < -0.3 is 15.4 Å². The highest BCUT2D eigenvalue weighted by molar-refractivity contribution is 7.99. The number of aromatic nitrogens is 1. The molecule has 1 aromatic carbocycles. The van der Waals surface area contributed by atoms with Crippen LogP contribution < -0.4 is 15.4 Å². The maximum Gasteiger partial charge on any atom is 0.219 e. The maximum atomic E-state index is 8.36. The summed E-state index contributed by atoms with van der Waals surface area (Å²) in [5.41, 5.74) is 0.771. The highest BCUT2D eigenvalue weighted by Crippen LogP contribution is 2.38. The molecule has 2 aromatic rings. The summed E-state index contributed by atoms with van der Waals surface area (Å²) in [6.45, 7) is 0. The summed E-state index contributed by atoms with van der Waals surface area (Å²) in [6, 6.07) is 8.78. The second kappa shape index (κ2) is 8.59. The molecule has 0 fully saturated rings. The van der Waals surface area contributed by atoms with E-state index in [1.54, 1.807) is 30.5 Å². The fourth-order valence-corrected chi connectivity index (χ4v) is 2.64. The van der Waals surface area contributed by atoms with Crippen molar-refractivity contribution in [2.45, 2.75) is 0 Å². The van der Waals surface area contributed by atoms with Crippen molar-refractivity contribution >= 4 is 40.7 Å². The normalized spacial score (nSPS) is 9.86. The van der Waals surface area contributed by atoms with Crippen LogP contribution >= 0.6 is 35.0 Å². The van der Waals surface area contributed by atoms with Crippen LogP contribution in [0.2, 0.25) is 10.0 Å². The zero-order valence-corrected chi connectivity index (χ0v) is 13.7. The summed E-state index contributed by atoms with van der Waals surface area (Å²) >= 11 is 13.9. The molecule has 8 heteroatoms. The molecule has 22 heavy (non-hydrogen) atoms. The Morgan fingerprint density at radius 2 is 2.00 bits per heavy atom. The molecule has 0 aliphatic carbocycles. The van der Waals surface area contributed by atoms with Gasteiger partial charge in [0.15, 0.2) is 11.9 Å². The minimum absolute atomic E-state index is 0.367. The first-order valence-electron chi connectivity index (χ1n) is 6.22. The van der Waals surface area contributed by atoms with Gasteiger partial charge >= 0.3 is 0 Å². The van der Waals surface area contributed by atoms with Crippen LogP contribution in [0.5, 0.6) is 11.6 Å². The predicted molar refractivity (Wildman–Crippen MR) is 90.5 cm³/mol. The van der Waals surface area contributed by atoms with Crippen LogP contribution in [0.4, 0.5) is 5.69 Å². The lowest BCUT2D eigenvalue weighted by atomic mass is 10.3. The van der Waals surface area contributed by atoms with E-state index in [2.05, 4.69) is 15.6 Å². The second-order valence-corrected chi connectivity index (χ2v) is 5.80. The molecule has 0 aliphatic heterocycles. The van der Waals surface area contributed by atoms with E-state index in [0.717, 1.165) is 5.69 Å². The molecule has 0 saturated heterocycles. The zero-order valence-electron chi connectivity index (χ0n) is 11.3. The number of halogens is 2. The molecule has 1 aromatic heterocycles. The van der Waals surface area contributed by atoms with Crippen LogP contribution in [0.3, 0.4) is 0 Å². The fourth-order valence-electron chi connectivity index (χ4n) is 1.54. The highest BCUT2D eigenvalue weighted by Gasteiger charge is 2.11. The van der Waals surface area contributed by atoms with E-state index in [9.17, 15) is 0 Å². The minimum Gasteiger partial charge on any atom is -0.436 e. The first-order chi connectivity index (χ1) is 10.7. The molecule has 0 spiro atoms. The Bertz CT molecular complexity index is 641. The first-order valence-corrected chi connectivity index (χ1v) is 8.13. The summed E-state index contributed by atoms with van der Waals surface area (Å²) < 4.78 is 5.60. The number of thioether (sulfide) groups is 1. The highest BCUT2D eigenvalue weighted by atomic mass is 35.5. The largest absolute Gasteiger partial charge is 0.436 e. The Morgan fingerprint density at radius 3 is 2.64 bits per heavy atom. The van der Waals surface area contributed by atoms with E-state index >= 15 is 0 Å². The predicted octanol–water partition coefficient (Wildman–Crippen LogP) is 4.31. The molecule has 1 heterocycles. The lowest BCUT2D eigenvalue weighted by molar-refractivity contribution is 0.463. The van der Waals surface area contributed by atoms with Gasteiger partial charge in [0.25, 0.3) is 0 Å². The Labute approximate surface area is 142 Å². The summed E-state index contributed by atoms with van der Waals surface area (Å²) in [5.74, 6) is 1.93. The molecule has 0 saturated carbocycles. The standard InChI is InChI=1S/C14H12Cl2N4OS/c15-11-5-10(20-9-22-8-18-7-17)6-12(16)14(11)21-13-3-1-2-4-19-13/h1-6,18,20H,8-9H2. The van der Waals surface area contributed by atoms with Crippen molar-refractivity contribution in [3.63, 3.8) is 0 Å². The number of pyridine rings is 1. The molecule has 114 valence electrons. The third-order valence-corrected chi connectivity index (χ3v) is 3.73. The van der Waals surface area contributed by atoms with Gasteiger partial charge in [-0.3, -0.25) is 0 Å². The van der Waals surface area contributed by atoms with Crippen molar-refractivity contribution in [3.05, 3.63) is 46.6 Å². The number of anilines is 1. The number of nitrogens with zero attached hydrogens (tertiary/aromatic N) is 2. The van der Waals surface area contributed by atoms with Crippen molar-refractivity contribution < 1.29 is 4.74 Å². The molecule has 0 amide bonds. The summed E-state index contributed by atoms with van der Waals surface area (Å²) in [5, 5.41) is 14.8. The maximum absolute atomic E-state index is 8.36. The monoisotopic (exact) mass is 354 g/mol. The zero-order chi connectivity index (χ0) is 15.8. The van der Waals surface area contributed by atoms with E-state index in [0.29, 0.717) is 33.4 Å². The molecule has 0 radical (unpaired) electrons. The van der Waals surface area contributed by atoms with Crippen molar-refractivity contribution in [3.8, 4) is 17.8 Å². The second-order valence-electron chi connectivity index (χ2n) is 4.00. The lowest BCUT2D eigenvalue weighted by Crippen LogP contribution is -2.07. The van der Waals surface area contributed by atoms with Gasteiger partial charge in [-0.05, 0) is 18.2 Å². The van der Waals surface area contributed by atoms with Gasteiger partial charge in [-0.15, -0.1) is 11.8 Å². The van der Waals surface area contributed by atoms with E-state index in [1.165, 1.54) is 11.8 Å². The van der Waals surface area contributed by atoms with Crippen molar-refractivity contribution in [1.29, 1.82) is 5.26 Å². The fraction of sp³-hybridized carbons (Fsp3) is 0.143. The molecule has 0 atom stereocenters. The van der Waals surface area contributed by atoms with E-state index in [1.807, 2.05) is 12.3 Å². The number of benzene rings is 1. The number of nitriles is 1. The quantitative estimate of drug-likeness (QED) is 0.334. The van der Waals surface area contributed by atoms with Gasteiger partial charge in [-0.1, -0.05) is 29.3 Å². The minimum atomic E-state index is 0.367. The van der Waals surface area contributed by atoms with E-state index < -0.39 is 0 Å². The lowest BCUT2D eigenvalue weighted by Gasteiger charge is -2.12. The number of hydrogen-bond acceptors (Lipinski definition) is 6. The SMILES string of the molecule is N#CNCSCNc1cc(Cl)c(Oc2ccccn2)c(Cl)c1. The Hall–Kier alpha value is -1.81. The molecular weight excluding hydrogens is 343 g/mol. The van der Waals surface area contributed by atoms with Crippen molar-refractivity contribution in [2.75, 3.05) is 17.1 Å². The Morgan fingerprint density at radius 1 is 1.23 bits per heavy atom. The number of hydrogen-bond donors (Lipinski definition) is 2. The first kappa shape index (κ1) is 16.6. The van der Waals surface area contributed by atoms with Crippen LogP contribution in [0.15, 0.2) is 36.5 Å². The van der Waals surface area contributed by atoms with E-state index in [4.69, 9.17) is 33.2 Å². The third kappa shape index (κ3) is 4.88. The smallest absolute Gasteiger partial charge is 0.219 e. The Balaban J connectivity index is 2.01. The average molecular weight is 355 g/mol. The number of nitrogens with one attached hydrogen (secondary N) is 2. The number of rotatable bonds is 7. The van der Waals surface area contributed by atoms with Gasteiger partial charge in [0.05, 0.1) is 21.8 Å². The molecule has 0 aliphatic rings. The molecule has 2 N–H and O–H groups in total. The molecule has 2 rings (SSSR count). The van der Waals surface area contributed by atoms with Gasteiger partial charge in [0, 0.05) is 18.0 Å². The average Bonchev–Trinajstić information content (AvgIpc) is 2.52. The third-order valence-electron chi connectivity index (χ3n) is 2.47. The van der Waals surface area contributed by atoms with Crippen LogP contribution in [0, 0.1) is 11.5 Å². The van der Waals surface area contributed by atoms with Crippen molar-refractivity contribution in [1.82, 2.24) is 10.3 Å². The molecular formula is C14H12Cl2N4OS. The van der Waals surface area contributed by atoms with Crippen molar-refractivity contribution in [2.24, 2.45) is 0 Å².